The topological polar surface area (TPSA) is 43.5 Å². The Bertz CT molecular complexity index is 823. The molecule has 0 unspecified atom stereocenters. The van der Waals surface area contributed by atoms with E-state index < -0.39 is 0 Å². The summed E-state index contributed by atoms with van der Waals surface area (Å²) >= 11 is 0. The lowest BCUT2D eigenvalue weighted by molar-refractivity contribution is 0.322. The summed E-state index contributed by atoms with van der Waals surface area (Å²) in [5.74, 6) is 2.11. The van der Waals surface area contributed by atoms with Crippen molar-refractivity contribution in [2.24, 2.45) is 0 Å². The quantitative estimate of drug-likeness (QED) is 0.701. The number of benzene rings is 2. The lowest BCUT2D eigenvalue weighted by Gasteiger charge is -2.15. The van der Waals surface area contributed by atoms with Gasteiger partial charge in [-0.15, -0.1) is 0 Å². The van der Waals surface area contributed by atoms with Crippen molar-refractivity contribution in [1.82, 2.24) is 4.98 Å². The maximum Gasteiger partial charge on any atom is 0.203 e. The number of hydrogen-bond donors (Lipinski definition) is 1. The lowest BCUT2D eigenvalue weighted by atomic mass is 10.0. The molecule has 4 heteroatoms. The maximum atomic E-state index is 5.56. The molecule has 0 bridgehead atoms. The number of hydrogen-bond acceptors (Lipinski definition) is 3. The first-order valence-corrected chi connectivity index (χ1v) is 8.11. The summed E-state index contributed by atoms with van der Waals surface area (Å²) in [5, 5.41) is 1.30. The molecule has 126 valence electrons. The van der Waals surface area contributed by atoms with E-state index in [1.807, 2.05) is 6.07 Å². The van der Waals surface area contributed by atoms with Crippen molar-refractivity contribution in [1.29, 1.82) is 0 Å². The number of aromatic amines is 1. The molecule has 1 aromatic heterocycles. The van der Waals surface area contributed by atoms with Crippen molar-refractivity contribution in [2.75, 3.05) is 21.3 Å². The second-order valence-electron chi connectivity index (χ2n) is 5.71. The van der Waals surface area contributed by atoms with Crippen LogP contribution < -0.4 is 14.2 Å². The number of methoxy groups -OCH3 is 3. The van der Waals surface area contributed by atoms with E-state index >= 15 is 0 Å². The van der Waals surface area contributed by atoms with Crippen LogP contribution in [0, 0.1) is 0 Å². The number of H-pyrrole nitrogens is 1. The van der Waals surface area contributed by atoms with Gasteiger partial charge < -0.3 is 19.2 Å². The zero-order valence-corrected chi connectivity index (χ0v) is 14.4. The van der Waals surface area contributed by atoms with Crippen molar-refractivity contribution in [3.63, 3.8) is 0 Å². The summed E-state index contributed by atoms with van der Waals surface area (Å²) in [6.07, 6.45) is 5.08. The van der Waals surface area contributed by atoms with Gasteiger partial charge in [-0.2, -0.15) is 0 Å². The molecule has 4 nitrogen and oxygen atoms in total. The highest BCUT2D eigenvalue weighted by molar-refractivity contribution is 5.83. The molecule has 0 amide bonds. The second kappa shape index (κ2) is 7.30. The summed E-state index contributed by atoms with van der Waals surface area (Å²) in [5.41, 5.74) is 3.68. The zero-order chi connectivity index (χ0) is 16.9. The number of nitrogens with one attached hydrogen (secondary N) is 1. The van der Waals surface area contributed by atoms with Crippen LogP contribution in [0.2, 0.25) is 0 Å². The van der Waals surface area contributed by atoms with Gasteiger partial charge in [-0.05, 0) is 42.5 Å². The van der Waals surface area contributed by atoms with Gasteiger partial charge in [0.1, 0.15) is 0 Å². The van der Waals surface area contributed by atoms with Gasteiger partial charge in [-0.1, -0.05) is 24.3 Å². The monoisotopic (exact) mass is 325 g/mol. The highest BCUT2D eigenvalue weighted by Gasteiger charge is 2.15. The van der Waals surface area contributed by atoms with Gasteiger partial charge in [0, 0.05) is 17.1 Å². The zero-order valence-electron chi connectivity index (χ0n) is 14.4. The van der Waals surface area contributed by atoms with Crippen molar-refractivity contribution in [3.05, 3.63) is 53.7 Å². The van der Waals surface area contributed by atoms with E-state index in [0.29, 0.717) is 11.5 Å². The highest BCUT2D eigenvalue weighted by atomic mass is 16.5. The highest BCUT2D eigenvalue weighted by Crippen LogP contribution is 2.40. The molecule has 0 aliphatic carbocycles. The summed E-state index contributed by atoms with van der Waals surface area (Å²) in [4.78, 5) is 3.33. The van der Waals surface area contributed by atoms with E-state index in [-0.39, 0.29) is 0 Å². The first-order valence-electron chi connectivity index (χ1n) is 8.11. The first kappa shape index (κ1) is 16.2. The Kier molecular flexibility index (Phi) is 4.94. The predicted molar refractivity (Wildman–Crippen MR) is 96.4 cm³/mol. The second-order valence-corrected chi connectivity index (χ2v) is 5.71. The number of rotatable bonds is 7. The van der Waals surface area contributed by atoms with Crippen molar-refractivity contribution in [3.8, 4) is 17.2 Å². The Morgan fingerprint density at radius 2 is 1.54 bits per heavy atom. The molecule has 24 heavy (non-hydrogen) atoms. The fourth-order valence-corrected chi connectivity index (χ4v) is 3.17. The van der Waals surface area contributed by atoms with Crippen LogP contribution in [0.25, 0.3) is 10.9 Å². The fourth-order valence-electron chi connectivity index (χ4n) is 3.17. The molecule has 0 spiro atoms. The van der Waals surface area contributed by atoms with Gasteiger partial charge in [-0.25, -0.2) is 0 Å². The predicted octanol–water partition coefficient (Wildman–Crippen LogP) is 4.37. The smallest absolute Gasteiger partial charge is 0.203 e. The first-order chi connectivity index (χ1) is 11.8. The molecule has 0 atom stereocenters. The van der Waals surface area contributed by atoms with Crippen LogP contribution in [0.3, 0.4) is 0 Å². The molecule has 3 aromatic rings. The van der Waals surface area contributed by atoms with Crippen molar-refractivity contribution in [2.45, 2.75) is 19.3 Å². The molecule has 0 fully saturated rings. The molecule has 2 aromatic carbocycles. The normalized spacial score (nSPS) is 10.8. The van der Waals surface area contributed by atoms with E-state index in [9.17, 15) is 0 Å². The average Bonchev–Trinajstić information content (AvgIpc) is 3.04. The van der Waals surface area contributed by atoms with Gasteiger partial charge in [0.05, 0.1) is 21.3 Å². The van der Waals surface area contributed by atoms with Crippen LogP contribution >= 0.6 is 0 Å². The third-order valence-electron chi connectivity index (χ3n) is 4.35. The van der Waals surface area contributed by atoms with Crippen LogP contribution in [0.1, 0.15) is 17.5 Å². The molecular weight excluding hydrogens is 302 g/mol. The Labute approximate surface area is 142 Å². The summed E-state index contributed by atoms with van der Waals surface area (Å²) in [6, 6.07) is 12.4. The van der Waals surface area contributed by atoms with Crippen LogP contribution in [0.4, 0.5) is 0 Å². The van der Waals surface area contributed by atoms with Gasteiger partial charge in [0.15, 0.2) is 11.5 Å². The van der Waals surface area contributed by atoms with E-state index in [0.717, 1.165) is 30.6 Å². The Hall–Kier alpha value is -2.62. The average molecular weight is 325 g/mol. The van der Waals surface area contributed by atoms with E-state index in [1.165, 1.54) is 16.5 Å². The molecule has 1 heterocycles. The standard InChI is InChI=1S/C20H23NO3/c1-22-18-12-11-14(19(23-2)20(18)24-3)7-6-8-15-13-21-17-10-5-4-9-16(15)17/h4-5,9-13,21H,6-8H2,1-3H3. The summed E-state index contributed by atoms with van der Waals surface area (Å²) in [7, 11) is 4.94. The van der Waals surface area contributed by atoms with Gasteiger partial charge in [0.2, 0.25) is 5.75 Å². The van der Waals surface area contributed by atoms with E-state index in [4.69, 9.17) is 14.2 Å². The minimum absolute atomic E-state index is 0.657. The molecule has 0 aliphatic rings. The van der Waals surface area contributed by atoms with E-state index in [2.05, 4.69) is 41.5 Å². The van der Waals surface area contributed by atoms with Crippen molar-refractivity contribution >= 4 is 10.9 Å². The van der Waals surface area contributed by atoms with Crippen LogP contribution in [-0.2, 0) is 12.8 Å². The molecule has 3 rings (SSSR count). The number of fused-ring (bicyclic) bond motifs is 1. The van der Waals surface area contributed by atoms with Gasteiger partial charge in [-0.3, -0.25) is 0 Å². The van der Waals surface area contributed by atoms with Crippen LogP contribution in [0.15, 0.2) is 42.6 Å². The minimum Gasteiger partial charge on any atom is -0.493 e. The molecule has 0 saturated carbocycles. The van der Waals surface area contributed by atoms with Gasteiger partial charge >= 0.3 is 0 Å². The molecule has 0 aliphatic heterocycles. The number of aromatic nitrogens is 1. The summed E-state index contributed by atoms with van der Waals surface area (Å²) < 4.78 is 16.3. The summed E-state index contributed by atoms with van der Waals surface area (Å²) in [6.45, 7) is 0. The lowest BCUT2D eigenvalue weighted by Crippen LogP contribution is -1.99. The third kappa shape index (κ3) is 3.04. The number of ether oxygens (including phenoxy) is 3. The molecule has 0 saturated heterocycles. The Morgan fingerprint density at radius 3 is 2.29 bits per heavy atom. The number of aryl methyl sites for hydroxylation is 2. The molecular formula is C20H23NO3. The largest absolute Gasteiger partial charge is 0.493 e. The van der Waals surface area contributed by atoms with Crippen LogP contribution in [-0.4, -0.2) is 26.3 Å². The fraction of sp³-hybridized carbons (Fsp3) is 0.300. The SMILES string of the molecule is COc1ccc(CCCc2c[nH]c3ccccc23)c(OC)c1OC. The van der Waals surface area contributed by atoms with Gasteiger partial charge in [0.25, 0.3) is 0 Å². The van der Waals surface area contributed by atoms with E-state index in [1.54, 1.807) is 21.3 Å². The molecule has 1 N–H and O–H groups in total. The molecule has 0 radical (unpaired) electrons. The van der Waals surface area contributed by atoms with Crippen molar-refractivity contribution < 1.29 is 14.2 Å². The third-order valence-corrected chi connectivity index (χ3v) is 4.35. The maximum absolute atomic E-state index is 5.56. The Morgan fingerprint density at radius 1 is 0.792 bits per heavy atom. The minimum atomic E-state index is 0.657. The Balaban J connectivity index is 1.75. The number of para-hydroxylation sites is 1. The van der Waals surface area contributed by atoms with Crippen LogP contribution in [0.5, 0.6) is 17.2 Å².